The van der Waals surface area contributed by atoms with Crippen LogP contribution in [-0.4, -0.2) is 25.7 Å². The van der Waals surface area contributed by atoms with Gasteiger partial charge in [0.2, 0.25) is 0 Å². The average molecular weight is 292 g/mol. The molecule has 0 atom stereocenters. The summed E-state index contributed by atoms with van der Waals surface area (Å²) in [5.41, 5.74) is 1.90. The van der Waals surface area contributed by atoms with Gasteiger partial charge in [0.15, 0.2) is 5.13 Å². The normalized spacial score (nSPS) is 10.3. The maximum Gasteiger partial charge on any atom is 0.183 e. The van der Waals surface area contributed by atoms with E-state index in [1.165, 1.54) is 6.42 Å². The molecule has 4 nitrogen and oxygen atoms in total. The van der Waals surface area contributed by atoms with Crippen LogP contribution in [0.25, 0.3) is 11.3 Å². The fourth-order valence-corrected chi connectivity index (χ4v) is 2.60. The third-order valence-corrected chi connectivity index (χ3v) is 3.80. The number of nitrogens with one attached hydrogen (secondary N) is 1. The molecule has 0 radical (unpaired) electrons. The average Bonchev–Trinajstić information content (AvgIpc) is 2.95. The van der Waals surface area contributed by atoms with Crippen LogP contribution in [0.2, 0.25) is 0 Å². The predicted molar refractivity (Wildman–Crippen MR) is 84.1 cm³/mol. The fraction of sp³-hybridized carbons (Fsp3) is 0.400. The van der Waals surface area contributed by atoms with E-state index in [4.69, 9.17) is 9.47 Å². The van der Waals surface area contributed by atoms with Gasteiger partial charge in [-0.25, -0.2) is 4.98 Å². The van der Waals surface area contributed by atoms with Gasteiger partial charge in [-0.2, -0.15) is 0 Å². The van der Waals surface area contributed by atoms with E-state index < -0.39 is 0 Å². The summed E-state index contributed by atoms with van der Waals surface area (Å²) in [6.07, 6.45) is 2.33. The molecule has 0 bridgehead atoms. The van der Waals surface area contributed by atoms with Gasteiger partial charge in [-0.05, 0) is 18.6 Å². The van der Waals surface area contributed by atoms with E-state index in [0.29, 0.717) is 0 Å². The largest absolute Gasteiger partial charge is 0.497 e. The Morgan fingerprint density at radius 3 is 2.80 bits per heavy atom. The number of nitrogens with zero attached hydrogens (tertiary/aromatic N) is 1. The van der Waals surface area contributed by atoms with Gasteiger partial charge in [0.25, 0.3) is 0 Å². The van der Waals surface area contributed by atoms with Gasteiger partial charge in [0, 0.05) is 23.6 Å². The third kappa shape index (κ3) is 3.42. The lowest BCUT2D eigenvalue weighted by Crippen LogP contribution is -2.00. The molecule has 1 heterocycles. The minimum absolute atomic E-state index is 0.773. The molecule has 0 fully saturated rings. The monoisotopic (exact) mass is 292 g/mol. The highest BCUT2D eigenvalue weighted by Crippen LogP contribution is 2.34. The Bertz CT molecular complexity index is 555. The number of anilines is 1. The Morgan fingerprint density at radius 1 is 1.25 bits per heavy atom. The van der Waals surface area contributed by atoms with Gasteiger partial charge in [-0.1, -0.05) is 13.3 Å². The zero-order valence-electron chi connectivity index (χ0n) is 12.1. The Hall–Kier alpha value is -1.75. The molecule has 5 heteroatoms. The maximum atomic E-state index is 5.41. The molecular weight excluding hydrogens is 272 g/mol. The second kappa shape index (κ2) is 7.14. The molecule has 2 rings (SSSR count). The number of hydrogen-bond acceptors (Lipinski definition) is 5. The van der Waals surface area contributed by atoms with Crippen LogP contribution in [0.1, 0.15) is 19.8 Å². The summed E-state index contributed by atoms with van der Waals surface area (Å²) in [5.74, 6) is 1.55. The van der Waals surface area contributed by atoms with Crippen molar-refractivity contribution < 1.29 is 9.47 Å². The minimum Gasteiger partial charge on any atom is -0.497 e. The predicted octanol–water partition coefficient (Wildman–Crippen LogP) is 4.04. The topological polar surface area (TPSA) is 43.4 Å². The van der Waals surface area contributed by atoms with E-state index >= 15 is 0 Å². The second-order valence-electron chi connectivity index (χ2n) is 4.38. The number of aromatic nitrogens is 1. The zero-order chi connectivity index (χ0) is 14.4. The van der Waals surface area contributed by atoms with E-state index in [1.807, 2.05) is 23.6 Å². The zero-order valence-corrected chi connectivity index (χ0v) is 12.9. The van der Waals surface area contributed by atoms with Crippen LogP contribution in [0.5, 0.6) is 11.5 Å². The third-order valence-electron chi connectivity index (χ3n) is 3.00. The lowest BCUT2D eigenvalue weighted by Gasteiger charge is -2.08. The smallest absolute Gasteiger partial charge is 0.183 e. The van der Waals surface area contributed by atoms with Crippen molar-refractivity contribution in [3.05, 3.63) is 23.6 Å². The van der Waals surface area contributed by atoms with E-state index in [9.17, 15) is 0 Å². The fourth-order valence-electron chi connectivity index (χ4n) is 1.86. The molecule has 0 saturated carbocycles. The first-order chi connectivity index (χ1) is 9.78. The van der Waals surface area contributed by atoms with Crippen molar-refractivity contribution in [3.8, 4) is 22.8 Å². The number of unbranched alkanes of at least 4 members (excludes halogenated alkanes) is 1. The molecule has 0 aliphatic rings. The van der Waals surface area contributed by atoms with Crippen molar-refractivity contribution in [2.45, 2.75) is 19.8 Å². The molecule has 1 aromatic heterocycles. The highest BCUT2D eigenvalue weighted by atomic mass is 32.1. The number of methoxy groups -OCH3 is 2. The minimum atomic E-state index is 0.773. The summed E-state index contributed by atoms with van der Waals surface area (Å²) in [6.45, 7) is 3.14. The quantitative estimate of drug-likeness (QED) is 0.782. The molecule has 0 unspecified atom stereocenters. The molecule has 1 aromatic carbocycles. The molecule has 0 spiro atoms. The number of ether oxygens (including phenoxy) is 2. The van der Waals surface area contributed by atoms with E-state index in [0.717, 1.165) is 40.9 Å². The summed E-state index contributed by atoms with van der Waals surface area (Å²) < 4.78 is 10.6. The molecule has 20 heavy (non-hydrogen) atoms. The van der Waals surface area contributed by atoms with Gasteiger partial charge in [-0.15, -0.1) is 11.3 Å². The summed E-state index contributed by atoms with van der Waals surface area (Å²) in [4.78, 5) is 4.60. The number of rotatable bonds is 7. The van der Waals surface area contributed by atoms with Crippen LogP contribution >= 0.6 is 11.3 Å². The highest BCUT2D eigenvalue weighted by molar-refractivity contribution is 7.14. The number of thiazole rings is 1. The highest BCUT2D eigenvalue weighted by Gasteiger charge is 2.11. The van der Waals surface area contributed by atoms with Crippen LogP contribution < -0.4 is 14.8 Å². The van der Waals surface area contributed by atoms with Gasteiger partial charge < -0.3 is 14.8 Å². The van der Waals surface area contributed by atoms with Crippen LogP contribution in [0.3, 0.4) is 0 Å². The molecule has 2 aromatic rings. The number of benzene rings is 1. The first-order valence-corrected chi connectivity index (χ1v) is 7.58. The van der Waals surface area contributed by atoms with Crippen LogP contribution in [0, 0.1) is 0 Å². The molecule has 0 aliphatic heterocycles. The van der Waals surface area contributed by atoms with Gasteiger partial charge >= 0.3 is 0 Å². The molecule has 0 amide bonds. The first-order valence-electron chi connectivity index (χ1n) is 6.70. The van der Waals surface area contributed by atoms with E-state index in [1.54, 1.807) is 25.6 Å². The first kappa shape index (κ1) is 14.7. The summed E-state index contributed by atoms with van der Waals surface area (Å²) in [7, 11) is 3.30. The van der Waals surface area contributed by atoms with Crippen molar-refractivity contribution >= 4 is 16.5 Å². The van der Waals surface area contributed by atoms with E-state index in [-0.39, 0.29) is 0 Å². The SMILES string of the molecule is CCCCNc1nc(-c2ccc(OC)cc2OC)cs1. The molecule has 108 valence electrons. The molecular formula is C15H20N2O2S. The van der Waals surface area contributed by atoms with Crippen molar-refractivity contribution in [2.24, 2.45) is 0 Å². The molecule has 0 aliphatic carbocycles. The van der Waals surface area contributed by atoms with Gasteiger partial charge in [0.1, 0.15) is 11.5 Å². The summed E-state index contributed by atoms with van der Waals surface area (Å²) in [6, 6.07) is 5.77. The standard InChI is InChI=1S/C15H20N2O2S/c1-4-5-8-16-15-17-13(10-20-15)12-7-6-11(18-2)9-14(12)19-3/h6-7,9-10H,4-5,8H2,1-3H3,(H,16,17). The van der Waals surface area contributed by atoms with Crippen molar-refractivity contribution in [1.82, 2.24) is 4.98 Å². The Labute approximate surface area is 123 Å². The lowest BCUT2D eigenvalue weighted by molar-refractivity contribution is 0.395. The Kier molecular flexibility index (Phi) is 5.24. The maximum absolute atomic E-state index is 5.41. The Balaban J connectivity index is 2.18. The van der Waals surface area contributed by atoms with Gasteiger partial charge in [-0.3, -0.25) is 0 Å². The lowest BCUT2D eigenvalue weighted by atomic mass is 10.1. The second-order valence-corrected chi connectivity index (χ2v) is 5.24. The summed E-state index contributed by atoms with van der Waals surface area (Å²) in [5, 5.41) is 6.33. The number of hydrogen-bond donors (Lipinski definition) is 1. The van der Waals surface area contributed by atoms with Crippen LogP contribution in [-0.2, 0) is 0 Å². The Morgan fingerprint density at radius 2 is 2.10 bits per heavy atom. The van der Waals surface area contributed by atoms with Crippen molar-refractivity contribution in [1.29, 1.82) is 0 Å². The van der Waals surface area contributed by atoms with Crippen molar-refractivity contribution in [3.63, 3.8) is 0 Å². The van der Waals surface area contributed by atoms with Crippen LogP contribution in [0.4, 0.5) is 5.13 Å². The summed E-state index contributed by atoms with van der Waals surface area (Å²) >= 11 is 1.61. The molecule has 1 N–H and O–H groups in total. The van der Waals surface area contributed by atoms with E-state index in [2.05, 4.69) is 17.2 Å². The molecule has 0 saturated heterocycles. The van der Waals surface area contributed by atoms with Gasteiger partial charge in [0.05, 0.1) is 19.9 Å². The van der Waals surface area contributed by atoms with Crippen LogP contribution in [0.15, 0.2) is 23.6 Å². The van der Waals surface area contributed by atoms with Crippen molar-refractivity contribution in [2.75, 3.05) is 26.1 Å².